The zero-order chi connectivity index (χ0) is 8.74. The van der Waals surface area contributed by atoms with Crippen molar-refractivity contribution >= 4 is 6.29 Å². The molecule has 0 rings (SSSR count). The first-order chi connectivity index (χ1) is 5.06. The lowest BCUT2D eigenvalue weighted by Gasteiger charge is -2.18. The lowest BCUT2D eigenvalue weighted by Crippen LogP contribution is -2.21. The van der Waals surface area contributed by atoms with Crippen LogP contribution < -0.4 is 0 Å². The largest absolute Gasteiger partial charge is 0.373 e. The standard InChI is InChI=1S/C8H16O3/c1-8(2,3)11-7-6-10-5-4-9/h4H,5-7H2,1-3H3. The minimum absolute atomic E-state index is 0.120. The van der Waals surface area contributed by atoms with Crippen molar-refractivity contribution in [1.29, 1.82) is 0 Å². The van der Waals surface area contributed by atoms with Crippen LogP contribution in [0.1, 0.15) is 20.8 Å². The fourth-order valence-electron chi connectivity index (χ4n) is 0.538. The van der Waals surface area contributed by atoms with Crippen LogP contribution in [0.15, 0.2) is 0 Å². The molecule has 66 valence electrons. The van der Waals surface area contributed by atoms with Crippen molar-refractivity contribution in [3.05, 3.63) is 0 Å². The van der Waals surface area contributed by atoms with Gasteiger partial charge in [-0.05, 0) is 20.8 Å². The topological polar surface area (TPSA) is 35.5 Å². The number of hydrogen-bond donors (Lipinski definition) is 0. The molecule has 0 saturated carbocycles. The molecule has 0 heterocycles. The van der Waals surface area contributed by atoms with Gasteiger partial charge < -0.3 is 14.3 Å². The van der Waals surface area contributed by atoms with Crippen molar-refractivity contribution in [2.24, 2.45) is 0 Å². The summed E-state index contributed by atoms with van der Waals surface area (Å²) in [6.07, 6.45) is 0.733. The second-order valence-electron chi connectivity index (χ2n) is 3.20. The van der Waals surface area contributed by atoms with E-state index in [4.69, 9.17) is 9.47 Å². The number of rotatable bonds is 5. The third-order valence-electron chi connectivity index (χ3n) is 0.949. The summed E-state index contributed by atoms with van der Waals surface area (Å²) in [7, 11) is 0. The molecule has 0 aliphatic rings. The molecule has 3 heteroatoms. The van der Waals surface area contributed by atoms with Crippen LogP contribution in [0, 0.1) is 0 Å². The van der Waals surface area contributed by atoms with Crippen molar-refractivity contribution in [3.63, 3.8) is 0 Å². The summed E-state index contributed by atoms with van der Waals surface area (Å²) in [5.74, 6) is 0. The van der Waals surface area contributed by atoms with E-state index >= 15 is 0 Å². The molecule has 0 spiro atoms. The highest BCUT2D eigenvalue weighted by molar-refractivity contribution is 5.50. The van der Waals surface area contributed by atoms with Crippen LogP contribution in [-0.2, 0) is 14.3 Å². The third kappa shape index (κ3) is 9.59. The van der Waals surface area contributed by atoms with Gasteiger partial charge in [-0.1, -0.05) is 0 Å². The average Bonchev–Trinajstić information content (AvgIpc) is 1.85. The maximum Gasteiger partial charge on any atom is 0.145 e. The Balaban J connectivity index is 3.08. The molecule has 0 fully saturated rings. The lowest BCUT2D eigenvalue weighted by atomic mass is 10.2. The first kappa shape index (κ1) is 10.6. The quantitative estimate of drug-likeness (QED) is 0.445. The number of carbonyl (C=O) groups excluding carboxylic acids is 1. The Morgan fingerprint density at radius 3 is 2.36 bits per heavy atom. The fraction of sp³-hybridized carbons (Fsp3) is 0.875. The van der Waals surface area contributed by atoms with Gasteiger partial charge in [-0.2, -0.15) is 0 Å². The van der Waals surface area contributed by atoms with Crippen LogP contribution in [0.25, 0.3) is 0 Å². The molecular formula is C8H16O3. The van der Waals surface area contributed by atoms with Crippen LogP contribution in [-0.4, -0.2) is 31.7 Å². The van der Waals surface area contributed by atoms with Crippen LogP contribution >= 0.6 is 0 Å². The molecule has 0 aliphatic carbocycles. The van der Waals surface area contributed by atoms with Crippen molar-refractivity contribution in [2.45, 2.75) is 26.4 Å². The second kappa shape index (κ2) is 5.27. The van der Waals surface area contributed by atoms with Gasteiger partial charge in [0.2, 0.25) is 0 Å². The monoisotopic (exact) mass is 160 g/mol. The van der Waals surface area contributed by atoms with Gasteiger partial charge in [0, 0.05) is 0 Å². The second-order valence-corrected chi connectivity index (χ2v) is 3.20. The molecule has 0 N–H and O–H groups in total. The summed E-state index contributed by atoms with van der Waals surface area (Å²) in [5, 5.41) is 0. The summed E-state index contributed by atoms with van der Waals surface area (Å²) in [5.41, 5.74) is -0.120. The molecule has 0 amide bonds. The Morgan fingerprint density at radius 2 is 1.91 bits per heavy atom. The van der Waals surface area contributed by atoms with E-state index in [2.05, 4.69) is 0 Å². The van der Waals surface area contributed by atoms with E-state index in [9.17, 15) is 4.79 Å². The minimum atomic E-state index is -0.120. The summed E-state index contributed by atoms with van der Waals surface area (Å²) in [6, 6.07) is 0. The maximum atomic E-state index is 9.80. The Morgan fingerprint density at radius 1 is 1.27 bits per heavy atom. The van der Waals surface area contributed by atoms with E-state index in [1.54, 1.807) is 0 Å². The normalized spacial score (nSPS) is 11.5. The van der Waals surface area contributed by atoms with E-state index in [-0.39, 0.29) is 12.2 Å². The summed E-state index contributed by atoms with van der Waals surface area (Å²) in [4.78, 5) is 9.80. The van der Waals surface area contributed by atoms with Gasteiger partial charge in [0.1, 0.15) is 12.9 Å². The fourth-order valence-corrected chi connectivity index (χ4v) is 0.538. The molecule has 0 unspecified atom stereocenters. The molecule has 0 aromatic carbocycles. The van der Waals surface area contributed by atoms with Gasteiger partial charge in [0.05, 0.1) is 18.8 Å². The molecular weight excluding hydrogens is 144 g/mol. The van der Waals surface area contributed by atoms with Crippen molar-refractivity contribution in [2.75, 3.05) is 19.8 Å². The van der Waals surface area contributed by atoms with Gasteiger partial charge in [-0.3, -0.25) is 0 Å². The highest BCUT2D eigenvalue weighted by atomic mass is 16.5. The first-order valence-electron chi connectivity index (χ1n) is 3.71. The maximum absolute atomic E-state index is 9.80. The summed E-state index contributed by atoms with van der Waals surface area (Å²) < 4.78 is 10.2. The van der Waals surface area contributed by atoms with E-state index in [1.165, 1.54) is 0 Å². The molecule has 0 aromatic rings. The predicted octanol–water partition coefficient (Wildman–Crippen LogP) is 1.02. The molecule has 0 saturated heterocycles. The molecule has 0 bridgehead atoms. The SMILES string of the molecule is CC(C)(C)OCCOCC=O. The highest BCUT2D eigenvalue weighted by Gasteiger charge is 2.08. The van der Waals surface area contributed by atoms with E-state index in [0.717, 1.165) is 6.29 Å². The number of carbonyl (C=O) groups is 1. The van der Waals surface area contributed by atoms with E-state index in [0.29, 0.717) is 13.2 Å². The van der Waals surface area contributed by atoms with Crippen molar-refractivity contribution in [3.8, 4) is 0 Å². The molecule has 3 nitrogen and oxygen atoms in total. The smallest absolute Gasteiger partial charge is 0.145 e. The zero-order valence-electron chi connectivity index (χ0n) is 7.42. The van der Waals surface area contributed by atoms with Gasteiger partial charge in [-0.25, -0.2) is 0 Å². The Labute approximate surface area is 67.7 Å². The first-order valence-corrected chi connectivity index (χ1v) is 3.71. The Bertz CT molecular complexity index is 104. The summed E-state index contributed by atoms with van der Waals surface area (Å²) in [6.45, 7) is 7.12. The third-order valence-corrected chi connectivity index (χ3v) is 0.949. The number of aldehydes is 1. The van der Waals surface area contributed by atoms with E-state index < -0.39 is 0 Å². The van der Waals surface area contributed by atoms with Gasteiger partial charge in [-0.15, -0.1) is 0 Å². The van der Waals surface area contributed by atoms with Crippen LogP contribution in [0.5, 0.6) is 0 Å². The molecule has 0 radical (unpaired) electrons. The predicted molar refractivity (Wildman–Crippen MR) is 42.6 cm³/mol. The van der Waals surface area contributed by atoms with Crippen molar-refractivity contribution in [1.82, 2.24) is 0 Å². The number of ether oxygens (including phenoxy) is 2. The average molecular weight is 160 g/mol. The van der Waals surface area contributed by atoms with Gasteiger partial charge in [0.25, 0.3) is 0 Å². The summed E-state index contributed by atoms with van der Waals surface area (Å²) >= 11 is 0. The van der Waals surface area contributed by atoms with Crippen LogP contribution in [0.4, 0.5) is 0 Å². The Hall–Kier alpha value is -0.410. The van der Waals surface area contributed by atoms with Crippen LogP contribution in [0.3, 0.4) is 0 Å². The van der Waals surface area contributed by atoms with Gasteiger partial charge >= 0.3 is 0 Å². The number of hydrogen-bond acceptors (Lipinski definition) is 3. The lowest BCUT2D eigenvalue weighted by molar-refractivity contribution is -0.113. The minimum Gasteiger partial charge on any atom is -0.373 e. The van der Waals surface area contributed by atoms with Crippen LogP contribution in [0.2, 0.25) is 0 Å². The highest BCUT2D eigenvalue weighted by Crippen LogP contribution is 2.05. The van der Waals surface area contributed by atoms with E-state index in [1.807, 2.05) is 20.8 Å². The molecule has 11 heavy (non-hydrogen) atoms. The molecule has 0 atom stereocenters. The zero-order valence-corrected chi connectivity index (χ0v) is 7.42. The van der Waals surface area contributed by atoms with Gasteiger partial charge in [0.15, 0.2) is 0 Å². The Kier molecular flexibility index (Phi) is 5.07. The molecule has 0 aromatic heterocycles. The van der Waals surface area contributed by atoms with Crippen molar-refractivity contribution < 1.29 is 14.3 Å². The molecule has 0 aliphatic heterocycles.